The second kappa shape index (κ2) is 6.71. The van der Waals surface area contributed by atoms with Crippen molar-refractivity contribution < 1.29 is 9.72 Å². The van der Waals surface area contributed by atoms with Crippen molar-refractivity contribution >= 4 is 50.0 Å². The summed E-state index contributed by atoms with van der Waals surface area (Å²) in [4.78, 5) is 31.0. The van der Waals surface area contributed by atoms with Gasteiger partial charge in [0.1, 0.15) is 6.20 Å². The molecule has 0 saturated heterocycles. The molecule has 0 aliphatic rings. The fourth-order valence-corrected chi connectivity index (χ4v) is 3.39. The Bertz CT molecular complexity index is 876. The van der Waals surface area contributed by atoms with E-state index in [1.807, 2.05) is 30.3 Å². The van der Waals surface area contributed by atoms with Gasteiger partial charge in [0.05, 0.1) is 16.2 Å². The molecule has 0 radical (unpaired) electrons. The van der Waals surface area contributed by atoms with Crippen molar-refractivity contribution in [2.45, 2.75) is 4.90 Å². The first-order valence-electron chi connectivity index (χ1n) is 6.50. The second-order valence-corrected chi connectivity index (χ2v) is 6.46. The minimum absolute atomic E-state index is 0.105. The van der Waals surface area contributed by atoms with Crippen molar-refractivity contribution in [3.05, 3.63) is 52.8 Å². The molecule has 9 heteroatoms. The summed E-state index contributed by atoms with van der Waals surface area (Å²) >= 11 is 2.19. The van der Waals surface area contributed by atoms with Gasteiger partial charge in [-0.3, -0.25) is 19.9 Å². The van der Waals surface area contributed by atoms with Crippen molar-refractivity contribution in [2.75, 3.05) is 11.1 Å². The third-order valence-electron chi connectivity index (χ3n) is 2.87. The van der Waals surface area contributed by atoms with Gasteiger partial charge in [-0.05, 0) is 23.5 Å². The summed E-state index contributed by atoms with van der Waals surface area (Å²) in [7, 11) is 0. The molecule has 0 atom stereocenters. The molecular weight excluding hydrogens is 336 g/mol. The third-order valence-corrected chi connectivity index (χ3v) is 4.79. The van der Waals surface area contributed by atoms with Gasteiger partial charge in [-0.15, -0.1) is 11.8 Å². The lowest BCUT2D eigenvalue weighted by atomic mass is 10.2. The zero-order valence-electron chi connectivity index (χ0n) is 11.6. The Morgan fingerprint density at radius 2 is 2.13 bits per heavy atom. The molecule has 0 fully saturated rings. The zero-order chi connectivity index (χ0) is 16.2. The van der Waals surface area contributed by atoms with E-state index in [-0.39, 0.29) is 21.8 Å². The molecule has 1 amide bonds. The number of hydrogen-bond donors (Lipinski definition) is 1. The monoisotopic (exact) mass is 346 g/mol. The van der Waals surface area contributed by atoms with E-state index in [4.69, 9.17) is 0 Å². The Morgan fingerprint density at radius 3 is 2.91 bits per heavy atom. The molecular formula is C14H10N4O3S2. The first-order valence-corrected chi connectivity index (χ1v) is 8.30. The van der Waals surface area contributed by atoms with Crippen LogP contribution in [0.1, 0.15) is 0 Å². The van der Waals surface area contributed by atoms with Crippen LogP contribution in [-0.4, -0.2) is 26.6 Å². The molecule has 0 aliphatic carbocycles. The Morgan fingerprint density at radius 1 is 1.30 bits per heavy atom. The fraction of sp³-hybridized carbons (Fsp3) is 0.0714. The van der Waals surface area contributed by atoms with E-state index in [1.165, 1.54) is 11.8 Å². The van der Waals surface area contributed by atoms with Crippen LogP contribution < -0.4 is 5.32 Å². The SMILES string of the molecule is O=C(CSc1cccc2cccnc12)Nc1ncc([N+](=O)[O-])s1. The number of benzene rings is 1. The molecule has 116 valence electrons. The van der Waals surface area contributed by atoms with Gasteiger partial charge in [0.15, 0.2) is 5.13 Å². The molecule has 3 aromatic rings. The van der Waals surface area contributed by atoms with Gasteiger partial charge in [-0.2, -0.15) is 0 Å². The van der Waals surface area contributed by atoms with Crippen molar-refractivity contribution in [3.63, 3.8) is 0 Å². The van der Waals surface area contributed by atoms with Crippen LogP contribution in [0, 0.1) is 10.1 Å². The Kier molecular flexibility index (Phi) is 4.49. The summed E-state index contributed by atoms with van der Waals surface area (Å²) in [5, 5.41) is 14.3. The first-order chi connectivity index (χ1) is 11.1. The number of fused-ring (bicyclic) bond motifs is 1. The van der Waals surface area contributed by atoms with E-state index >= 15 is 0 Å². The van der Waals surface area contributed by atoms with Crippen molar-refractivity contribution in [2.24, 2.45) is 0 Å². The molecule has 0 unspecified atom stereocenters. The highest BCUT2D eigenvalue weighted by Gasteiger charge is 2.14. The smallest absolute Gasteiger partial charge is 0.301 e. The number of aromatic nitrogens is 2. The molecule has 2 aromatic heterocycles. The predicted octanol–water partition coefficient (Wildman–Crippen LogP) is 3.33. The van der Waals surface area contributed by atoms with Gasteiger partial charge in [0, 0.05) is 16.5 Å². The van der Waals surface area contributed by atoms with Gasteiger partial charge < -0.3 is 5.32 Å². The van der Waals surface area contributed by atoms with Crippen LogP contribution in [0.4, 0.5) is 10.1 Å². The van der Waals surface area contributed by atoms with Crippen LogP contribution in [0.25, 0.3) is 10.9 Å². The van der Waals surface area contributed by atoms with E-state index in [1.54, 1.807) is 6.20 Å². The number of rotatable bonds is 5. The van der Waals surface area contributed by atoms with Crippen molar-refractivity contribution in [1.82, 2.24) is 9.97 Å². The first kappa shape index (κ1) is 15.4. The van der Waals surface area contributed by atoms with E-state index in [0.29, 0.717) is 0 Å². The summed E-state index contributed by atoms with van der Waals surface area (Å²) in [6, 6.07) is 9.59. The highest BCUT2D eigenvalue weighted by atomic mass is 32.2. The van der Waals surface area contributed by atoms with Crippen LogP contribution in [0.2, 0.25) is 0 Å². The molecule has 2 heterocycles. The average molecular weight is 346 g/mol. The van der Waals surface area contributed by atoms with E-state index < -0.39 is 4.92 Å². The molecule has 0 spiro atoms. The van der Waals surface area contributed by atoms with Crippen LogP contribution in [0.3, 0.4) is 0 Å². The van der Waals surface area contributed by atoms with Crippen molar-refractivity contribution in [3.8, 4) is 0 Å². The summed E-state index contributed by atoms with van der Waals surface area (Å²) in [5.41, 5.74) is 0.845. The number of nitro groups is 1. The summed E-state index contributed by atoms with van der Waals surface area (Å²) in [5.74, 6) is -0.101. The van der Waals surface area contributed by atoms with Gasteiger partial charge >= 0.3 is 5.00 Å². The molecule has 0 saturated carbocycles. The van der Waals surface area contributed by atoms with Crippen LogP contribution >= 0.6 is 23.1 Å². The van der Waals surface area contributed by atoms with E-state index in [2.05, 4.69) is 15.3 Å². The zero-order valence-corrected chi connectivity index (χ0v) is 13.3. The van der Waals surface area contributed by atoms with Gasteiger partial charge in [-0.25, -0.2) is 4.98 Å². The normalized spacial score (nSPS) is 10.6. The number of thioether (sulfide) groups is 1. The lowest BCUT2D eigenvalue weighted by molar-refractivity contribution is -0.380. The molecule has 1 N–H and O–H groups in total. The minimum Gasteiger partial charge on any atom is -0.301 e. The number of para-hydroxylation sites is 1. The van der Waals surface area contributed by atoms with E-state index in [9.17, 15) is 14.9 Å². The quantitative estimate of drug-likeness (QED) is 0.432. The number of carbonyl (C=O) groups excluding carboxylic acids is 1. The van der Waals surface area contributed by atoms with Crippen LogP contribution in [-0.2, 0) is 4.79 Å². The second-order valence-electron chi connectivity index (χ2n) is 4.43. The maximum absolute atomic E-state index is 11.9. The lowest BCUT2D eigenvalue weighted by Gasteiger charge is -2.05. The maximum Gasteiger partial charge on any atom is 0.345 e. The topological polar surface area (TPSA) is 98.0 Å². The van der Waals surface area contributed by atoms with Crippen LogP contribution in [0.15, 0.2) is 47.6 Å². The van der Waals surface area contributed by atoms with Crippen LogP contribution in [0.5, 0.6) is 0 Å². The molecule has 23 heavy (non-hydrogen) atoms. The van der Waals surface area contributed by atoms with Gasteiger partial charge in [0.2, 0.25) is 5.91 Å². The predicted molar refractivity (Wildman–Crippen MR) is 89.9 cm³/mol. The number of anilines is 1. The minimum atomic E-state index is -0.538. The standard InChI is InChI=1S/C14H10N4O3S2/c19-11(17-14-16-7-12(23-14)18(20)21)8-22-10-5-1-3-9-4-2-6-15-13(9)10/h1-7H,8H2,(H,16,17,19). The molecule has 3 rings (SSSR count). The fourth-order valence-electron chi connectivity index (χ4n) is 1.90. The molecule has 1 aromatic carbocycles. The number of thiazole rings is 1. The summed E-state index contributed by atoms with van der Waals surface area (Å²) in [6.45, 7) is 0. The number of carbonyl (C=O) groups is 1. The maximum atomic E-state index is 11.9. The number of pyridine rings is 1. The number of hydrogen-bond acceptors (Lipinski definition) is 7. The third kappa shape index (κ3) is 3.63. The summed E-state index contributed by atoms with van der Waals surface area (Å²) in [6.07, 6.45) is 2.84. The molecule has 7 nitrogen and oxygen atoms in total. The highest BCUT2D eigenvalue weighted by molar-refractivity contribution is 8.00. The molecule has 0 bridgehead atoms. The number of amides is 1. The summed E-state index contributed by atoms with van der Waals surface area (Å²) < 4.78 is 0. The number of nitrogens with one attached hydrogen (secondary N) is 1. The highest BCUT2D eigenvalue weighted by Crippen LogP contribution is 2.27. The number of nitrogens with zero attached hydrogens (tertiary/aromatic N) is 3. The van der Waals surface area contributed by atoms with Gasteiger partial charge in [0.25, 0.3) is 0 Å². The molecule has 0 aliphatic heterocycles. The largest absolute Gasteiger partial charge is 0.345 e. The lowest BCUT2D eigenvalue weighted by Crippen LogP contribution is -2.13. The average Bonchev–Trinajstić information content (AvgIpc) is 3.01. The van der Waals surface area contributed by atoms with E-state index in [0.717, 1.165) is 33.3 Å². The Labute approximate surface area is 138 Å². The Balaban J connectivity index is 1.65. The van der Waals surface area contributed by atoms with Gasteiger partial charge in [-0.1, -0.05) is 18.2 Å². The van der Waals surface area contributed by atoms with Crippen molar-refractivity contribution in [1.29, 1.82) is 0 Å². The Hall–Kier alpha value is -2.52.